The number of thiocarbonyl (C=S) groups is 1. The smallest absolute Gasteiger partial charge is 0.262 e. The van der Waals surface area contributed by atoms with Gasteiger partial charge in [0.05, 0.1) is 11.7 Å². The Balaban J connectivity index is 1.19. The molecule has 0 saturated carbocycles. The lowest BCUT2D eigenvalue weighted by Gasteiger charge is -2.29. The highest BCUT2D eigenvalue weighted by Crippen LogP contribution is 2.42. The van der Waals surface area contributed by atoms with Crippen LogP contribution in [-0.2, 0) is 4.79 Å². The van der Waals surface area contributed by atoms with Crippen LogP contribution in [0.4, 0.5) is 11.4 Å². The molecule has 2 atom stereocenters. The van der Waals surface area contributed by atoms with Crippen molar-refractivity contribution < 1.29 is 9.53 Å². The lowest BCUT2D eigenvalue weighted by atomic mass is 10.0. The van der Waals surface area contributed by atoms with E-state index in [9.17, 15) is 4.79 Å². The largest absolute Gasteiger partial charge is 0.484 e. The summed E-state index contributed by atoms with van der Waals surface area (Å²) in [5.74, 6) is 0.413. The third-order valence-electron chi connectivity index (χ3n) is 7.74. The molecule has 4 aromatic carbocycles. The van der Waals surface area contributed by atoms with E-state index in [0.29, 0.717) is 16.5 Å². The van der Waals surface area contributed by atoms with Crippen LogP contribution in [0.3, 0.4) is 0 Å². The second-order valence-electron chi connectivity index (χ2n) is 10.5. The van der Waals surface area contributed by atoms with Crippen molar-refractivity contribution in [1.82, 2.24) is 14.9 Å². The van der Waals surface area contributed by atoms with Crippen molar-refractivity contribution in [1.29, 1.82) is 0 Å². The van der Waals surface area contributed by atoms with Gasteiger partial charge in [-0.05, 0) is 95.8 Å². The summed E-state index contributed by atoms with van der Waals surface area (Å²) < 4.78 is 7.80. The van der Waals surface area contributed by atoms with Crippen molar-refractivity contribution in [2.24, 2.45) is 0 Å². The van der Waals surface area contributed by atoms with E-state index in [1.165, 1.54) is 10.8 Å². The van der Waals surface area contributed by atoms with Gasteiger partial charge in [-0.3, -0.25) is 9.78 Å². The van der Waals surface area contributed by atoms with Crippen LogP contribution < -0.4 is 20.3 Å². The maximum absolute atomic E-state index is 12.6. The first-order valence-electron chi connectivity index (χ1n) is 14.4. The van der Waals surface area contributed by atoms with Gasteiger partial charge in [0, 0.05) is 35.1 Å². The molecule has 0 aliphatic carbocycles. The molecule has 3 heterocycles. The van der Waals surface area contributed by atoms with E-state index in [1.54, 1.807) is 6.20 Å². The van der Waals surface area contributed by atoms with Crippen molar-refractivity contribution in [3.05, 3.63) is 151 Å². The number of carbonyl (C=O) groups excluding carboxylic acids is 1. The van der Waals surface area contributed by atoms with E-state index >= 15 is 0 Å². The summed E-state index contributed by atoms with van der Waals surface area (Å²) >= 11 is 5.95. The van der Waals surface area contributed by atoms with Gasteiger partial charge in [0.25, 0.3) is 5.91 Å². The van der Waals surface area contributed by atoms with Gasteiger partial charge in [-0.2, -0.15) is 0 Å². The van der Waals surface area contributed by atoms with Crippen LogP contribution in [0.25, 0.3) is 16.5 Å². The lowest BCUT2D eigenvalue weighted by molar-refractivity contribution is -0.118. The molecule has 1 aliphatic heterocycles. The molecule has 1 aliphatic rings. The molecular formula is C36H29N5O2S. The molecule has 1 saturated heterocycles. The number of pyridine rings is 1. The number of ether oxygens (including phenoxy) is 1. The Morgan fingerprint density at radius 3 is 2.36 bits per heavy atom. The third kappa shape index (κ3) is 5.50. The second-order valence-corrected chi connectivity index (χ2v) is 10.9. The Morgan fingerprint density at radius 1 is 0.818 bits per heavy atom. The topological polar surface area (TPSA) is 71.4 Å². The van der Waals surface area contributed by atoms with Gasteiger partial charge in [0.2, 0.25) is 0 Å². The Bertz CT molecular complexity index is 1930. The van der Waals surface area contributed by atoms with Crippen LogP contribution in [0.5, 0.6) is 5.75 Å². The van der Waals surface area contributed by atoms with Gasteiger partial charge in [0.15, 0.2) is 11.7 Å². The van der Waals surface area contributed by atoms with Crippen LogP contribution in [0.15, 0.2) is 140 Å². The summed E-state index contributed by atoms with van der Waals surface area (Å²) in [4.78, 5) is 19.4. The number of hydrogen-bond donors (Lipinski definition) is 2. The number of carbonyl (C=O) groups is 1. The predicted molar refractivity (Wildman–Crippen MR) is 178 cm³/mol. The fraction of sp³-hybridized carbons (Fsp3) is 0.0833. The quantitative estimate of drug-likeness (QED) is 0.181. The van der Waals surface area contributed by atoms with Crippen molar-refractivity contribution in [2.75, 3.05) is 16.8 Å². The molecule has 2 N–H and O–H groups in total. The van der Waals surface area contributed by atoms with Crippen LogP contribution >= 0.6 is 12.2 Å². The molecule has 0 radical (unpaired) electrons. The first kappa shape index (κ1) is 27.4. The van der Waals surface area contributed by atoms with E-state index in [2.05, 4.69) is 80.9 Å². The number of amides is 1. The molecule has 1 fully saturated rings. The zero-order valence-electron chi connectivity index (χ0n) is 23.7. The fourth-order valence-corrected chi connectivity index (χ4v) is 6.04. The number of hydrogen-bond acceptors (Lipinski definition) is 4. The van der Waals surface area contributed by atoms with E-state index in [-0.39, 0.29) is 24.6 Å². The SMILES string of the molecule is O=C(COc1ccccc1)Nc1ccc(N2C(=S)N[C@@H](c3ccccn3)[C@H]2c2cccn2-c2ccc3ccccc3c2)cc1. The highest BCUT2D eigenvalue weighted by atomic mass is 32.1. The summed E-state index contributed by atoms with van der Waals surface area (Å²) in [7, 11) is 0. The highest BCUT2D eigenvalue weighted by Gasteiger charge is 2.42. The zero-order valence-corrected chi connectivity index (χ0v) is 24.5. The van der Waals surface area contributed by atoms with E-state index < -0.39 is 0 Å². The molecule has 7 nitrogen and oxygen atoms in total. The number of benzene rings is 4. The van der Waals surface area contributed by atoms with Gasteiger partial charge < -0.3 is 24.8 Å². The Hall–Kier alpha value is -5.47. The molecule has 6 aromatic rings. The molecule has 216 valence electrons. The van der Waals surface area contributed by atoms with Gasteiger partial charge >= 0.3 is 0 Å². The molecular weight excluding hydrogens is 566 g/mol. The number of fused-ring (bicyclic) bond motifs is 1. The molecule has 44 heavy (non-hydrogen) atoms. The monoisotopic (exact) mass is 595 g/mol. The average molecular weight is 596 g/mol. The fourth-order valence-electron chi connectivity index (χ4n) is 5.70. The summed E-state index contributed by atoms with van der Waals surface area (Å²) in [5, 5.41) is 9.43. The van der Waals surface area contributed by atoms with Gasteiger partial charge in [-0.25, -0.2) is 0 Å². The predicted octanol–water partition coefficient (Wildman–Crippen LogP) is 7.22. The molecule has 1 amide bonds. The van der Waals surface area contributed by atoms with Crippen molar-refractivity contribution in [3.63, 3.8) is 0 Å². The Labute approximate surface area is 260 Å². The molecule has 0 unspecified atom stereocenters. The Kier molecular flexibility index (Phi) is 7.48. The third-order valence-corrected chi connectivity index (χ3v) is 8.05. The molecule has 0 spiro atoms. The Morgan fingerprint density at radius 2 is 1.57 bits per heavy atom. The van der Waals surface area contributed by atoms with Crippen LogP contribution in [-0.4, -0.2) is 27.2 Å². The number of anilines is 2. The average Bonchev–Trinajstić information content (AvgIpc) is 3.69. The molecule has 0 bridgehead atoms. The summed E-state index contributed by atoms with van der Waals surface area (Å²) in [6.45, 7) is -0.0779. The van der Waals surface area contributed by atoms with Crippen molar-refractivity contribution in [3.8, 4) is 11.4 Å². The molecule has 7 rings (SSSR count). The second kappa shape index (κ2) is 12.0. The molecule has 2 aromatic heterocycles. The first-order valence-corrected chi connectivity index (χ1v) is 14.8. The summed E-state index contributed by atoms with van der Waals surface area (Å²) in [5.41, 5.74) is 4.60. The van der Waals surface area contributed by atoms with E-state index in [0.717, 1.165) is 22.8 Å². The first-order chi connectivity index (χ1) is 21.6. The molecule has 8 heteroatoms. The number of nitrogens with zero attached hydrogens (tertiary/aromatic N) is 3. The number of aromatic nitrogens is 2. The summed E-state index contributed by atoms with van der Waals surface area (Å²) in [6, 6.07) is 41.6. The summed E-state index contributed by atoms with van der Waals surface area (Å²) in [6.07, 6.45) is 3.89. The minimum absolute atomic E-state index is 0.0779. The number of nitrogens with one attached hydrogen (secondary N) is 2. The van der Waals surface area contributed by atoms with Crippen LogP contribution in [0.1, 0.15) is 23.5 Å². The van der Waals surface area contributed by atoms with Gasteiger partial charge in [-0.1, -0.05) is 54.6 Å². The normalized spacial score (nSPS) is 16.1. The van der Waals surface area contributed by atoms with Crippen molar-refractivity contribution >= 4 is 45.4 Å². The van der Waals surface area contributed by atoms with Crippen LogP contribution in [0.2, 0.25) is 0 Å². The van der Waals surface area contributed by atoms with E-state index in [1.807, 2.05) is 72.8 Å². The minimum Gasteiger partial charge on any atom is -0.484 e. The van der Waals surface area contributed by atoms with Crippen LogP contribution in [0, 0.1) is 0 Å². The van der Waals surface area contributed by atoms with Crippen molar-refractivity contribution in [2.45, 2.75) is 12.1 Å². The van der Waals surface area contributed by atoms with Gasteiger partial charge in [0.1, 0.15) is 11.8 Å². The zero-order chi connectivity index (χ0) is 29.9. The maximum atomic E-state index is 12.6. The number of rotatable bonds is 8. The van der Waals surface area contributed by atoms with Gasteiger partial charge in [-0.15, -0.1) is 0 Å². The minimum atomic E-state index is -0.235. The highest BCUT2D eigenvalue weighted by molar-refractivity contribution is 7.80. The maximum Gasteiger partial charge on any atom is 0.262 e. The number of para-hydroxylation sites is 1. The van der Waals surface area contributed by atoms with E-state index in [4.69, 9.17) is 21.9 Å². The lowest BCUT2D eigenvalue weighted by Crippen LogP contribution is -2.30. The standard InChI is InChI=1S/C36H29N5O2S/c42-33(24-43-30-11-2-1-3-12-30)38-27-16-19-28(20-17-27)41-35(34(39-36(41)44)31-13-6-7-21-37-31)32-14-8-22-40(32)29-18-15-25-9-4-5-10-26(25)23-29/h1-23,34-35H,24H2,(H,38,42)(H,39,44)/t34-,35+/m0/s1.